The number of sulfonamides is 1. The normalized spacial score (nSPS) is 12.9. The summed E-state index contributed by atoms with van der Waals surface area (Å²) in [5.41, 5.74) is 0.406. The van der Waals surface area contributed by atoms with Crippen molar-refractivity contribution in [2.45, 2.75) is 24.8 Å². The maximum Gasteiger partial charge on any atom is 0.251 e. The van der Waals surface area contributed by atoms with Gasteiger partial charge >= 0.3 is 0 Å². The minimum absolute atomic E-state index is 0.113. The van der Waals surface area contributed by atoms with Gasteiger partial charge in [0.05, 0.1) is 11.5 Å². The first-order chi connectivity index (χ1) is 9.40. The van der Waals surface area contributed by atoms with Crippen molar-refractivity contribution in [2.24, 2.45) is 0 Å². The maximum absolute atomic E-state index is 11.9. The van der Waals surface area contributed by atoms with E-state index in [0.29, 0.717) is 18.7 Å². The molecule has 0 unspecified atom stereocenters. The minimum Gasteiger partial charge on any atom is -0.383 e. The topological polar surface area (TPSA) is 84.5 Å². The lowest BCUT2D eigenvalue weighted by Crippen LogP contribution is -2.35. The van der Waals surface area contributed by atoms with Gasteiger partial charge in [0.1, 0.15) is 0 Å². The lowest BCUT2D eigenvalue weighted by Gasteiger charge is -2.13. The van der Waals surface area contributed by atoms with Gasteiger partial charge in [-0.2, -0.15) is 0 Å². The van der Waals surface area contributed by atoms with Crippen LogP contribution in [0.3, 0.4) is 0 Å². The third-order valence-electron chi connectivity index (χ3n) is 2.56. The van der Waals surface area contributed by atoms with Crippen LogP contribution in [0.25, 0.3) is 0 Å². The number of rotatable bonds is 7. The Morgan fingerprint density at radius 1 is 1.30 bits per heavy atom. The monoisotopic (exact) mass is 300 g/mol. The van der Waals surface area contributed by atoms with Crippen molar-refractivity contribution < 1.29 is 17.9 Å². The average Bonchev–Trinajstić information content (AvgIpc) is 2.39. The van der Waals surface area contributed by atoms with Crippen molar-refractivity contribution in [3.8, 4) is 0 Å². The van der Waals surface area contributed by atoms with Gasteiger partial charge in [-0.1, -0.05) is 6.92 Å². The van der Waals surface area contributed by atoms with Crippen LogP contribution in [0.15, 0.2) is 29.2 Å². The van der Waals surface area contributed by atoms with E-state index < -0.39 is 10.0 Å². The molecule has 1 aromatic rings. The highest BCUT2D eigenvalue weighted by atomic mass is 32.2. The molecule has 0 aliphatic heterocycles. The van der Waals surface area contributed by atoms with Crippen molar-refractivity contribution in [3.05, 3.63) is 29.8 Å². The molecule has 0 aromatic heterocycles. The summed E-state index contributed by atoms with van der Waals surface area (Å²) in [4.78, 5) is 12.0. The van der Waals surface area contributed by atoms with Crippen molar-refractivity contribution in [2.75, 3.05) is 20.3 Å². The average molecular weight is 300 g/mol. The van der Waals surface area contributed by atoms with Gasteiger partial charge in [-0.15, -0.1) is 0 Å². The summed E-state index contributed by atoms with van der Waals surface area (Å²) in [7, 11) is -1.93. The molecule has 0 aliphatic rings. The van der Waals surface area contributed by atoms with E-state index in [4.69, 9.17) is 4.74 Å². The van der Waals surface area contributed by atoms with Crippen LogP contribution < -0.4 is 10.0 Å². The third kappa shape index (κ3) is 4.59. The van der Waals surface area contributed by atoms with Crippen LogP contribution in [0.1, 0.15) is 24.2 Å². The summed E-state index contributed by atoms with van der Waals surface area (Å²) in [5, 5.41) is 2.75. The molecule has 1 rings (SSSR count). The second-order valence-electron chi connectivity index (χ2n) is 4.36. The van der Waals surface area contributed by atoms with E-state index in [2.05, 4.69) is 10.0 Å². The third-order valence-corrected chi connectivity index (χ3v) is 4.12. The van der Waals surface area contributed by atoms with E-state index in [9.17, 15) is 13.2 Å². The van der Waals surface area contributed by atoms with Gasteiger partial charge in [-0.25, -0.2) is 13.1 Å². The molecule has 20 heavy (non-hydrogen) atoms. The molecule has 0 spiro atoms. The molecule has 1 atom stereocenters. The first kappa shape index (κ1) is 16.6. The summed E-state index contributed by atoms with van der Waals surface area (Å²) in [5.74, 6) is -0.262. The predicted molar refractivity (Wildman–Crippen MR) is 76.1 cm³/mol. The zero-order valence-corrected chi connectivity index (χ0v) is 12.7. The van der Waals surface area contributed by atoms with Gasteiger partial charge in [0, 0.05) is 25.3 Å². The molecule has 6 nitrogen and oxygen atoms in total. The number of amides is 1. The molecular weight excluding hydrogens is 280 g/mol. The summed E-state index contributed by atoms with van der Waals surface area (Å²) >= 11 is 0. The molecule has 1 aromatic carbocycles. The van der Waals surface area contributed by atoms with Crippen LogP contribution in [-0.2, 0) is 14.8 Å². The second kappa shape index (κ2) is 7.37. The molecule has 0 saturated carbocycles. The molecule has 0 radical (unpaired) electrons. The molecule has 7 heteroatoms. The van der Waals surface area contributed by atoms with Crippen molar-refractivity contribution >= 4 is 15.9 Å². The van der Waals surface area contributed by atoms with Gasteiger partial charge in [0.2, 0.25) is 10.0 Å². The van der Waals surface area contributed by atoms with E-state index in [0.717, 1.165) is 0 Å². The molecule has 0 fully saturated rings. The predicted octanol–water partition coefficient (Wildman–Crippen LogP) is 0.749. The number of hydrogen-bond donors (Lipinski definition) is 2. The van der Waals surface area contributed by atoms with Gasteiger partial charge in [0.15, 0.2) is 0 Å². The standard InChI is InChI=1S/C13H20N2O4S/c1-4-14-20(17,18)12-7-5-11(6-8-12)13(16)15-10(2)9-19-3/h5-8,10,14H,4,9H2,1-3H3,(H,15,16)/t10-/m1/s1. The molecule has 0 aliphatic carbocycles. The van der Waals surface area contributed by atoms with Crippen LogP contribution in [0.4, 0.5) is 0 Å². The van der Waals surface area contributed by atoms with Crippen molar-refractivity contribution in [1.29, 1.82) is 0 Å². The highest BCUT2D eigenvalue weighted by Crippen LogP contribution is 2.10. The molecule has 0 bridgehead atoms. The van der Waals surface area contributed by atoms with Crippen LogP contribution in [0.2, 0.25) is 0 Å². The summed E-state index contributed by atoms with van der Waals surface area (Å²) in [6.45, 7) is 4.26. The highest BCUT2D eigenvalue weighted by molar-refractivity contribution is 7.89. The fraction of sp³-hybridized carbons (Fsp3) is 0.462. The Bertz CT molecular complexity index is 540. The van der Waals surface area contributed by atoms with E-state index in [1.54, 1.807) is 14.0 Å². The smallest absolute Gasteiger partial charge is 0.251 e. The fourth-order valence-corrected chi connectivity index (χ4v) is 2.70. The number of carbonyl (C=O) groups is 1. The quantitative estimate of drug-likeness (QED) is 0.778. The number of ether oxygens (including phenoxy) is 1. The lowest BCUT2D eigenvalue weighted by molar-refractivity contribution is 0.0905. The number of carbonyl (C=O) groups excluding carboxylic acids is 1. The Morgan fingerprint density at radius 3 is 2.40 bits per heavy atom. The van der Waals surface area contributed by atoms with Gasteiger partial charge in [0.25, 0.3) is 5.91 Å². The first-order valence-electron chi connectivity index (χ1n) is 6.30. The zero-order valence-electron chi connectivity index (χ0n) is 11.8. The minimum atomic E-state index is -3.49. The van der Waals surface area contributed by atoms with E-state index >= 15 is 0 Å². The van der Waals surface area contributed by atoms with E-state index in [1.807, 2.05) is 6.92 Å². The Labute approximate surface area is 119 Å². The number of nitrogens with one attached hydrogen (secondary N) is 2. The number of methoxy groups -OCH3 is 1. The molecular formula is C13H20N2O4S. The second-order valence-corrected chi connectivity index (χ2v) is 6.12. The Balaban J connectivity index is 2.79. The van der Waals surface area contributed by atoms with Gasteiger partial charge in [-0.05, 0) is 31.2 Å². The lowest BCUT2D eigenvalue weighted by atomic mass is 10.2. The largest absolute Gasteiger partial charge is 0.383 e. The van der Waals surface area contributed by atoms with Gasteiger partial charge < -0.3 is 10.1 Å². The number of benzene rings is 1. The van der Waals surface area contributed by atoms with Crippen molar-refractivity contribution in [1.82, 2.24) is 10.0 Å². The van der Waals surface area contributed by atoms with Crippen LogP contribution in [0, 0.1) is 0 Å². The van der Waals surface area contributed by atoms with Crippen LogP contribution in [-0.4, -0.2) is 40.6 Å². The molecule has 0 heterocycles. The fourth-order valence-electron chi connectivity index (χ4n) is 1.66. The van der Waals surface area contributed by atoms with Crippen molar-refractivity contribution in [3.63, 3.8) is 0 Å². The molecule has 1 amide bonds. The molecule has 112 valence electrons. The Morgan fingerprint density at radius 2 is 1.90 bits per heavy atom. The Hall–Kier alpha value is -1.44. The molecule has 0 saturated heterocycles. The SMILES string of the molecule is CCNS(=O)(=O)c1ccc(C(=O)N[C@H](C)COC)cc1. The van der Waals surface area contributed by atoms with E-state index in [1.165, 1.54) is 24.3 Å². The summed E-state index contributed by atoms with van der Waals surface area (Å²) < 4.78 is 30.8. The maximum atomic E-state index is 11.9. The van der Waals surface area contributed by atoms with E-state index in [-0.39, 0.29) is 16.8 Å². The summed E-state index contributed by atoms with van der Waals surface area (Å²) in [6, 6.07) is 5.68. The highest BCUT2D eigenvalue weighted by Gasteiger charge is 2.14. The van der Waals surface area contributed by atoms with Gasteiger partial charge in [-0.3, -0.25) is 4.79 Å². The Kier molecular flexibility index (Phi) is 6.12. The summed E-state index contributed by atoms with van der Waals surface area (Å²) in [6.07, 6.45) is 0. The zero-order chi connectivity index (χ0) is 15.2. The number of hydrogen-bond acceptors (Lipinski definition) is 4. The van der Waals surface area contributed by atoms with Crippen LogP contribution >= 0.6 is 0 Å². The first-order valence-corrected chi connectivity index (χ1v) is 7.78. The van der Waals surface area contributed by atoms with Crippen LogP contribution in [0.5, 0.6) is 0 Å². The molecule has 2 N–H and O–H groups in total.